The van der Waals surface area contributed by atoms with Crippen molar-refractivity contribution in [2.24, 2.45) is 5.73 Å². The van der Waals surface area contributed by atoms with Gasteiger partial charge in [-0.25, -0.2) is 4.39 Å². The average molecular weight is 341 g/mol. The molecule has 1 aromatic carbocycles. The topological polar surface area (TPSA) is 48.1 Å². The van der Waals surface area contributed by atoms with E-state index in [0.29, 0.717) is 5.69 Å². The molecule has 0 amide bonds. The highest BCUT2D eigenvalue weighted by atomic mass is 79.9. The Kier molecular flexibility index (Phi) is 4.44. The van der Waals surface area contributed by atoms with Gasteiger partial charge < -0.3 is 10.5 Å². The number of nitrogens with zero attached hydrogens (tertiary/aromatic N) is 1. The Labute approximate surface area is 123 Å². The summed E-state index contributed by atoms with van der Waals surface area (Å²) in [7, 11) is 0. The van der Waals surface area contributed by atoms with Gasteiger partial charge in [0.25, 0.3) is 0 Å². The van der Waals surface area contributed by atoms with Gasteiger partial charge in [-0.1, -0.05) is 34.2 Å². The van der Waals surface area contributed by atoms with E-state index in [1.807, 2.05) is 0 Å². The van der Waals surface area contributed by atoms with E-state index in [-0.39, 0.29) is 17.3 Å². The van der Waals surface area contributed by atoms with Crippen LogP contribution in [0.5, 0.6) is 5.75 Å². The molecular weight excluding hydrogens is 331 g/mol. The molecule has 19 heavy (non-hydrogen) atoms. The van der Waals surface area contributed by atoms with Crippen molar-refractivity contribution in [1.82, 2.24) is 4.98 Å². The standard InChI is InChI=1S/C13H10BrFN2OS/c14-9-3-4-10(15)11(6-9)18-7-8-2-1-5-17-12(8)13(16)19/h1-6H,7H2,(H2,16,19). The molecule has 0 aliphatic heterocycles. The Morgan fingerprint density at radius 2 is 2.21 bits per heavy atom. The van der Waals surface area contributed by atoms with Crippen LogP contribution >= 0.6 is 28.1 Å². The smallest absolute Gasteiger partial charge is 0.165 e. The first-order chi connectivity index (χ1) is 9.08. The summed E-state index contributed by atoms with van der Waals surface area (Å²) in [5, 5.41) is 0. The molecule has 0 aliphatic carbocycles. The summed E-state index contributed by atoms with van der Waals surface area (Å²) in [6.07, 6.45) is 1.59. The van der Waals surface area contributed by atoms with Gasteiger partial charge in [-0.2, -0.15) is 0 Å². The van der Waals surface area contributed by atoms with E-state index in [1.165, 1.54) is 6.07 Å². The molecule has 0 fully saturated rings. The van der Waals surface area contributed by atoms with Gasteiger partial charge in [0.1, 0.15) is 17.3 Å². The third-order valence-electron chi connectivity index (χ3n) is 2.40. The predicted molar refractivity (Wildman–Crippen MR) is 78.6 cm³/mol. The number of pyridine rings is 1. The SMILES string of the molecule is NC(=S)c1ncccc1COc1cc(Br)ccc1F. The van der Waals surface area contributed by atoms with Crippen molar-refractivity contribution in [3.63, 3.8) is 0 Å². The second-order valence-electron chi connectivity index (χ2n) is 3.74. The minimum absolute atomic E-state index is 0.147. The van der Waals surface area contributed by atoms with Crippen molar-refractivity contribution in [2.45, 2.75) is 6.61 Å². The minimum Gasteiger partial charge on any atom is -0.486 e. The van der Waals surface area contributed by atoms with Crippen molar-refractivity contribution in [2.75, 3.05) is 0 Å². The van der Waals surface area contributed by atoms with Gasteiger partial charge in [-0.3, -0.25) is 4.98 Å². The summed E-state index contributed by atoms with van der Waals surface area (Å²) in [6.45, 7) is 0.147. The molecule has 1 aromatic heterocycles. The fourth-order valence-corrected chi connectivity index (χ4v) is 2.04. The molecular formula is C13H10BrFN2OS. The largest absolute Gasteiger partial charge is 0.486 e. The van der Waals surface area contributed by atoms with Gasteiger partial charge in [0, 0.05) is 16.2 Å². The van der Waals surface area contributed by atoms with Gasteiger partial charge in [0.05, 0.1) is 0 Å². The van der Waals surface area contributed by atoms with E-state index in [9.17, 15) is 4.39 Å². The van der Waals surface area contributed by atoms with E-state index in [4.69, 9.17) is 22.7 Å². The molecule has 0 radical (unpaired) electrons. The quantitative estimate of drug-likeness (QED) is 0.868. The number of ether oxygens (including phenoxy) is 1. The molecule has 0 aliphatic rings. The number of hydrogen-bond donors (Lipinski definition) is 1. The molecule has 0 atom stereocenters. The fraction of sp³-hybridized carbons (Fsp3) is 0.0769. The number of thiocarbonyl (C=S) groups is 1. The van der Waals surface area contributed by atoms with Gasteiger partial charge in [-0.05, 0) is 24.3 Å². The van der Waals surface area contributed by atoms with Crippen LogP contribution in [-0.4, -0.2) is 9.97 Å². The van der Waals surface area contributed by atoms with Gasteiger partial charge in [-0.15, -0.1) is 0 Å². The van der Waals surface area contributed by atoms with E-state index >= 15 is 0 Å². The molecule has 0 bridgehead atoms. The number of rotatable bonds is 4. The van der Waals surface area contributed by atoms with Crippen LogP contribution in [0.25, 0.3) is 0 Å². The zero-order valence-electron chi connectivity index (χ0n) is 9.77. The summed E-state index contributed by atoms with van der Waals surface area (Å²) in [5.41, 5.74) is 6.78. The maximum Gasteiger partial charge on any atom is 0.165 e. The molecule has 0 saturated heterocycles. The Balaban J connectivity index is 2.19. The molecule has 0 unspecified atom stereocenters. The lowest BCUT2D eigenvalue weighted by molar-refractivity contribution is 0.289. The van der Waals surface area contributed by atoms with Crippen molar-refractivity contribution >= 4 is 33.1 Å². The number of nitrogens with two attached hydrogens (primary N) is 1. The summed E-state index contributed by atoms with van der Waals surface area (Å²) in [4.78, 5) is 4.27. The summed E-state index contributed by atoms with van der Waals surface area (Å²) >= 11 is 8.17. The molecule has 2 aromatic rings. The van der Waals surface area contributed by atoms with E-state index < -0.39 is 5.82 Å². The van der Waals surface area contributed by atoms with E-state index in [1.54, 1.807) is 30.5 Å². The van der Waals surface area contributed by atoms with Crippen LogP contribution in [-0.2, 0) is 6.61 Å². The average Bonchev–Trinajstić information content (AvgIpc) is 2.40. The molecule has 3 nitrogen and oxygen atoms in total. The van der Waals surface area contributed by atoms with Crippen molar-refractivity contribution in [3.8, 4) is 5.75 Å². The number of halogens is 2. The Morgan fingerprint density at radius 3 is 2.95 bits per heavy atom. The van der Waals surface area contributed by atoms with Crippen LogP contribution in [0.15, 0.2) is 41.0 Å². The molecule has 98 valence electrons. The lowest BCUT2D eigenvalue weighted by Gasteiger charge is -2.10. The van der Waals surface area contributed by atoms with E-state index in [0.717, 1.165) is 10.0 Å². The first kappa shape index (κ1) is 13.9. The molecule has 0 saturated carbocycles. The highest BCUT2D eigenvalue weighted by molar-refractivity contribution is 9.10. The molecule has 2 rings (SSSR count). The second kappa shape index (κ2) is 6.08. The van der Waals surface area contributed by atoms with Crippen LogP contribution in [0.3, 0.4) is 0 Å². The Hall–Kier alpha value is -1.53. The third kappa shape index (κ3) is 3.48. The van der Waals surface area contributed by atoms with Crippen molar-refractivity contribution in [3.05, 3.63) is 58.1 Å². The van der Waals surface area contributed by atoms with Crippen molar-refractivity contribution < 1.29 is 9.13 Å². The summed E-state index contributed by atoms with van der Waals surface area (Å²) in [5.74, 6) is -0.268. The minimum atomic E-state index is -0.427. The predicted octanol–water partition coefficient (Wildman–Crippen LogP) is 3.20. The lowest BCUT2D eigenvalue weighted by Crippen LogP contribution is -2.15. The highest BCUT2D eigenvalue weighted by Crippen LogP contribution is 2.23. The monoisotopic (exact) mass is 340 g/mol. The second-order valence-corrected chi connectivity index (χ2v) is 5.09. The lowest BCUT2D eigenvalue weighted by atomic mass is 10.2. The molecule has 6 heteroatoms. The highest BCUT2D eigenvalue weighted by Gasteiger charge is 2.09. The molecule has 2 N–H and O–H groups in total. The summed E-state index contributed by atoms with van der Waals surface area (Å²) < 4.78 is 19.7. The molecule has 0 spiro atoms. The van der Waals surface area contributed by atoms with Gasteiger partial charge in [0.15, 0.2) is 11.6 Å². The first-order valence-corrected chi connectivity index (χ1v) is 6.59. The van der Waals surface area contributed by atoms with Crippen LogP contribution in [0.2, 0.25) is 0 Å². The van der Waals surface area contributed by atoms with E-state index in [2.05, 4.69) is 20.9 Å². The normalized spacial score (nSPS) is 10.2. The number of benzene rings is 1. The van der Waals surface area contributed by atoms with Gasteiger partial charge in [0.2, 0.25) is 0 Å². The molecule has 1 heterocycles. The zero-order valence-corrected chi connectivity index (χ0v) is 12.2. The maximum atomic E-state index is 13.5. The fourth-order valence-electron chi connectivity index (χ4n) is 1.52. The third-order valence-corrected chi connectivity index (χ3v) is 3.09. The van der Waals surface area contributed by atoms with Crippen LogP contribution in [0.1, 0.15) is 11.3 Å². The Morgan fingerprint density at radius 1 is 1.42 bits per heavy atom. The van der Waals surface area contributed by atoms with Crippen molar-refractivity contribution in [1.29, 1.82) is 0 Å². The maximum absolute atomic E-state index is 13.5. The number of aromatic nitrogens is 1. The van der Waals surface area contributed by atoms with Crippen LogP contribution < -0.4 is 10.5 Å². The number of hydrogen-bond acceptors (Lipinski definition) is 3. The zero-order chi connectivity index (χ0) is 13.8. The Bertz CT molecular complexity index is 621. The summed E-state index contributed by atoms with van der Waals surface area (Å²) in [6, 6.07) is 8.03. The van der Waals surface area contributed by atoms with Crippen LogP contribution in [0, 0.1) is 5.82 Å². The van der Waals surface area contributed by atoms with Gasteiger partial charge >= 0.3 is 0 Å². The first-order valence-electron chi connectivity index (χ1n) is 5.39. The van der Waals surface area contributed by atoms with Crippen LogP contribution in [0.4, 0.5) is 4.39 Å².